The molecule has 1 heterocycles. The van der Waals surface area contributed by atoms with Crippen LogP contribution < -0.4 is 5.32 Å². The lowest BCUT2D eigenvalue weighted by molar-refractivity contribution is 0.277. The molecule has 1 saturated carbocycles. The topological polar surface area (TPSA) is 49.4 Å². The minimum absolute atomic E-state index is 0.360. The fourth-order valence-electron chi connectivity index (χ4n) is 3.03. The Morgan fingerprint density at radius 2 is 1.94 bits per heavy atom. The average molecular weight is 260 g/mol. The van der Waals surface area contributed by atoms with E-state index >= 15 is 0 Å². The lowest BCUT2D eigenvalue weighted by atomic mass is 9.98. The molecule has 1 unspecified atom stereocenters. The van der Waals surface area contributed by atoms with Crippen LogP contribution in [0.3, 0.4) is 0 Å². The third-order valence-corrected chi connectivity index (χ3v) is 5.36. The molecule has 0 radical (unpaired) electrons. The number of nitrogens with one attached hydrogen (secondary N) is 1. The Balaban J connectivity index is 1.77. The fraction of sp³-hybridized carbons (Fsp3) is 1.00. The summed E-state index contributed by atoms with van der Waals surface area (Å²) in [6, 6.07) is 0.360. The monoisotopic (exact) mass is 260 g/mol. The van der Waals surface area contributed by atoms with Crippen molar-refractivity contribution in [3.05, 3.63) is 0 Å². The van der Waals surface area contributed by atoms with Crippen LogP contribution in [0.4, 0.5) is 0 Å². The fourth-order valence-corrected chi connectivity index (χ4v) is 3.90. The molecule has 2 aliphatic rings. The second-order valence-electron chi connectivity index (χ2n) is 5.50. The van der Waals surface area contributed by atoms with Gasteiger partial charge in [0.25, 0.3) is 0 Å². The van der Waals surface area contributed by atoms with E-state index in [1.807, 2.05) is 0 Å². The van der Waals surface area contributed by atoms with Crippen LogP contribution in [0.1, 0.15) is 38.5 Å². The van der Waals surface area contributed by atoms with Gasteiger partial charge < -0.3 is 5.32 Å². The SMILES string of the molecule is CS(=O)(=O)N1CCNC(CCC2CCCC2)C1. The molecule has 4 nitrogen and oxygen atoms in total. The molecule has 1 N–H and O–H groups in total. The molecule has 0 aromatic heterocycles. The van der Waals surface area contributed by atoms with Gasteiger partial charge in [-0.3, -0.25) is 0 Å². The molecule has 5 heteroatoms. The van der Waals surface area contributed by atoms with Crippen molar-refractivity contribution in [2.75, 3.05) is 25.9 Å². The minimum Gasteiger partial charge on any atom is -0.311 e. The molecule has 2 rings (SSSR count). The highest BCUT2D eigenvalue weighted by Gasteiger charge is 2.26. The molecule has 0 aromatic carbocycles. The Morgan fingerprint density at radius 1 is 1.24 bits per heavy atom. The van der Waals surface area contributed by atoms with E-state index < -0.39 is 10.0 Å². The van der Waals surface area contributed by atoms with Gasteiger partial charge in [0, 0.05) is 25.7 Å². The van der Waals surface area contributed by atoms with E-state index in [0.717, 1.165) is 18.9 Å². The van der Waals surface area contributed by atoms with Crippen LogP contribution in [-0.4, -0.2) is 44.7 Å². The number of hydrogen-bond acceptors (Lipinski definition) is 3. The Hall–Kier alpha value is -0.130. The highest BCUT2D eigenvalue weighted by molar-refractivity contribution is 7.88. The van der Waals surface area contributed by atoms with Gasteiger partial charge in [0.2, 0.25) is 10.0 Å². The van der Waals surface area contributed by atoms with Gasteiger partial charge in [0.15, 0.2) is 0 Å². The first-order valence-electron chi connectivity index (χ1n) is 6.74. The van der Waals surface area contributed by atoms with E-state index in [-0.39, 0.29) is 0 Å². The van der Waals surface area contributed by atoms with Gasteiger partial charge >= 0.3 is 0 Å². The maximum Gasteiger partial charge on any atom is 0.211 e. The molecule has 0 spiro atoms. The van der Waals surface area contributed by atoms with E-state index in [0.29, 0.717) is 19.1 Å². The maximum absolute atomic E-state index is 11.5. The zero-order valence-electron chi connectivity index (χ0n) is 10.7. The van der Waals surface area contributed by atoms with Crippen LogP contribution in [0.15, 0.2) is 0 Å². The number of hydrogen-bond donors (Lipinski definition) is 1. The average Bonchev–Trinajstić information content (AvgIpc) is 2.78. The van der Waals surface area contributed by atoms with E-state index in [1.54, 1.807) is 4.31 Å². The summed E-state index contributed by atoms with van der Waals surface area (Å²) in [6.45, 7) is 2.08. The van der Waals surface area contributed by atoms with Crippen molar-refractivity contribution in [1.29, 1.82) is 0 Å². The van der Waals surface area contributed by atoms with Crippen LogP contribution >= 0.6 is 0 Å². The zero-order valence-corrected chi connectivity index (χ0v) is 11.5. The van der Waals surface area contributed by atoms with Crippen molar-refractivity contribution in [1.82, 2.24) is 9.62 Å². The van der Waals surface area contributed by atoms with Crippen LogP contribution in [0.25, 0.3) is 0 Å². The molecule has 0 bridgehead atoms. The first kappa shape index (κ1) is 13.3. The second kappa shape index (κ2) is 5.67. The quantitative estimate of drug-likeness (QED) is 0.826. The Bertz CT molecular complexity index is 336. The van der Waals surface area contributed by atoms with Crippen LogP contribution in [0.5, 0.6) is 0 Å². The molecular weight excluding hydrogens is 236 g/mol. The molecule has 100 valence electrons. The predicted molar refractivity (Wildman–Crippen MR) is 69.4 cm³/mol. The van der Waals surface area contributed by atoms with Crippen molar-refractivity contribution in [2.24, 2.45) is 5.92 Å². The summed E-state index contributed by atoms with van der Waals surface area (Å²) in [4.78, 5) is 0. The molecule has 0 aromatic rings. The van der Waals surface area contributed by atoms with E-state index in [1.165, 1.54) is 38.4 Å². The predicted octanol–water partition coefficient (Wildman–Crippen LogP) is 1.19. The Labute approximate surface area is 105 Å². The maximum atomic E-state index is 11.5. The van der Waals surface area contributed by atoms with E-state index in [4.69, 9.17) is 0 Å². The first-order valence-corrected chi connectivity index (χ1v) is 8.59. The molecule has 1 aliphatic heterocycles. The molecule has 1 saturated heterocycles. The molecule has 2 fully saturated rings. The van der Waals surface area contributed by atoms with Crippen LogP contribution in [0, 0.1) is 5.92 Å². The lowest BCUT2D eigenvalue weighted by Crippen LogP contribution is -2.52. The van der Waals surface area contributed by atoms with Gasteiger partial charge in [-0.2, -0.15) is 4.31 Å². The molecule has 0 amide bonds. The smallest absolute Gasteiger partial charge is 0.211 e. The summed E-state index contributed by atoms with van der Waals surface area (Å²) in [7, 11) is -3.00. The molecule has 1 aliphatic carbocycles. The van der Waals surface area contributed by atoms with Gasteiger partial charge in [0.05, 0.1) is 6.26 Å². The van der Waals surface area contributed by atoms with Gasteiger partial charge in [-0.25, -0.2) is 8.42 Å². The highest BCUT2D eigenvalue weighted by Crippen LogP contribution is 2.29. The van der Waals surface area contributed by atoms with Crippen molar-refractivity contribution in [3.8, 4) is 0 Å². The number of piperazine rings is 1. The summed E-state index contributed by atoms with van der Waals surface area (Å²) in [5, 5.41) is 3.44. The first-order chi connectivity index (χ1) is 8.05. The van der Waals surface area contributed by atoms with Crippen molar-refractivity contribution >= 4 is 10.0 Å². The van der Waals surface area contributed by atoms with Crippen molar-refractivity contribution in [2.45, 2.75) is 44.6 Å². The third kappa shape index (κ3) is 3.93. The number of sulfonamides is 1. The number of rotatable bonds is 4. The van der Waals surface area contributed by atoms with Crippen molar-refractivity contribution < 1.29 is 8.42 Å². The summed E-state index contributed by atoms with van der Waals surface area (Å²) in [5.41, 5.74) is 0. The summed E-state index contributed by atoms with van der Waals surface area (Å²) in [6.07, 6.45) is 9.22. The van der Waals surface area contributed by atoms with E-state index in [9.17, 15) is 8.42 Å². The van der Waals surface area contributed by atoms with Gasteiger partial charge in [-0.1, -0.05) is 25.7 Å². The molecule has 17 heavy (non-hydrogen) atoms. The Kier molecular flexibility index (Phi) is 4.44. The van der Waals surface area contributed by atoms with Gasteiger partial charge in [0.1, 0.15) is 0 Å². The molecular formula is C12H24N2O2S. The Morgan fingerprint density at radius 3 is 2.59 bits per heavy atom. The summed E-state index contributed by atoms with van der Waals surface area (Å²) in [5.74, 6) is 0.894. The summed E-state index contributed by atoms with van der Waals surface area (Å²) < 4.78 is 24.6. The number of nitrogens with zero attached hydrogens (tertiary/aromatic N) is 1. The van der Waals surface area contributed by atoms with Crippen LogP contribution in [-0.2, 0) is 10.0 Å². The third-order valence-electron chi connectivity index (χ3n) is 4.09. The second-order valence-corrected chi connectivity index (χ2v) is 7.48. The van der Waals surface area contributed by atoms with Gasteiger partial charge in [-0.15, -0.1) is 0 Å². The standard InChI is InChI=1S/C12H24N2O2S/c1-17(15,16)14-9-8-13-12(10-14)7-6-11-4-2-3-5-11/h11-13H,2-10H2,1H3. The van der Waals surface area contributed by atoms with E-state index in [2.05, 4.69) is 5.32 Å². The molecule has 1 atom stereocenters. The summed E-state index contributed by atoms with van der Waals surface area (Å²) >= 11 is 0. The highest BCUT2D eigenvalue weighted by atomic mass is 32.2. The van der Waals surface area contributed by atoms with Gasteiger partial charge in [-0.05, 0) is 18.8 Å². The zero-order chi connectivity index (χ0) is 12.3. The minimum atomic E-state index is -3.00. The largest absolute Gasteiger partial charge is 0.311 e. The van der Waals surface area contributed by atoms with Crippen molar-refractivity contribution in [3.63, 3.8) is 0 Å². The lowest BCUT2D eigenvalue weighted by Gasteiger charge is -2.32. The normalized spacial score (nSPS) is 28.6. The van der Waals surface area contributed by atoms with Crippen LogP contribution in [0.2, 0.25) is 0 Å².